The number of aliphatic imine (C=N–C) groups is 1. The first kappa shape index (κ1) is 20.0. The van der Waals surface area contributed by atoms with E-state index in [4.69, 9.17) is 0 Å². The molecule has 0 saturated carbocycles. The van der Waals surface area contributed by atoms with Gasteiger partial charge in [0.05, 0.1) is 6.42 Å². The molecule has 30 heavy (non-hydrogen) atoms. The third-order valence-corrected chi connectivity index (χ3v) is 5.77. The largest absolute Gasteiger partial charge is 0.336 e. The molecule has 1 aromatic carbocycles. The number of amidine groups is 1. The molecule has 0 bridgehead atoms. The summed E-state index contributed by atoms with van der Waals surface area (Å²) in [6.45, 7) is 4.87. The van der Waals surface area contributed by atoms with Crippen LogP contribution in [-0.2, 0) is 9.59 Å². The van der Waals surface area contributed by atoms with Crippen molar-refractivity contribution in [2.24, 2.45) is 4.99 Å². The highest BCUT2D eigenvalue weighted by Crippen LogP contribution is 2.29. The number of allylic oxidation sites excluding steroid dienone is 2. The number of nitrogens with zero attached hydrogens (tertiary/aromatic N) is 4. The van der Waals surface area contributed by atoms with Crippen molar-refractivity contribution in [3.8, 4) is 0 Å². The van der Waals surface area contributed by atoms with Crippen LogP contribution in [0.15, 0.2) is 53.7 Å². The van der Waals surface area contributed by atoms with E-state index in [0.29, 0.717) is 30.2 Å². The average Bonchev–Trinajstić information content (AvgIpc) is 2.74. The molecule has 0 radical (unpaired) electrons. The minimum absolute atomic E-state index is 0.00286. The summed E-state index contributed by atoms with van der Waals surface area (Å²) in [6, 6.07) is 6.88. The number of rotatable bonds is 3. The lowest BCUT2D eigenvalue weighted by Gasteiger charge is -2.41. The number of anilines is 1. The van der Waals surface area contributed by atoms with Gasteiger partial charge >= 0.3 is 0 Å². The average molecular weight is 407 g/mol. The molecule has 4 rings (SSSR count). The van der Waals surface area contributed by atoms with Crippen LogP contribution in [0, 0.1) is 0 Å². The minimum Gasteiger partial charge on any atom is -0.336 e. The molecular formula is C22H25N5O3. The van der Waals surface area contributed by atoms with Crippen LogP contribution in [-0.4, -0.2) is 77.0 Å². The number of nitrogens with one attached hydrogen (secondary N) is 1. The van der Waals surface area contributed by atoms with Gasteiger partial charge in [-0.3, -0.25) is 14.4 Å². The lowest BCUT2D eigenvalue weighted by molar-refractivity contribution is -0.130. The molecule has 0 aliphatic carbocycles. The fourth-order valence-corrected chi connectivity index (χ4v) is 3.83. The summed E-state index contributed by atoms with van der Waals surface area (Å²) in [5, 5.41) is 2.88. The van der Waals surface area contributed by atoms with Crippen LogP contribution >= 0.6 is 0 Å². The summed E-state index contributed by atoms with van der Waals surface area (Å²) < 4.78 is 0. The van der Waals surface area contributed by atoms with Gasteiger partial charge in [0.25, 0.3) is 17.7 Å². The van der Waals surface area contributed by atoms with Crippen LogP contribution in [0.25, 0.3) is 0 Å². The first-order valence-electron chi connectivity index (χ1n) is 10.0. The number of likely N-dealkylation sites (N-methyl/N-ethyl adjacent to an activating group) is 1. The fraction of sp³-hybridized carbons (Fsp3) is 0.364. The summed E-state index contributed by atoms with van der Waals surface area (Å²) in [6.07, 6.45) is 7.03. The first-order valence-corrected chi connectivity index (χ1v) is 10.0. The van der Waals surface area contributed by atoms with Crippen molar-refractivity contribution in [1.82, 2.24) is 14.7 Å². The molecule has 156 valence electrons. The fourth-order valence-electron chi connectivity index (χ4n) is 3.83. The van der Waals surface area contributed by atoms with Crippen LogP contribution < -0.4 is 5.32 Å². The molecule has 3 amide bonds. The maximum absolute atomic E-state index is 13.1. The molecule has 0 spiro atoms. The maximum atomic E-state index is 13.1. The van der Waals surface area contributed by atoms with E-state index in [1.807, 2.05) is 11.9 Å². The summed E-state index contributed by atoms with van der Waals surface area (Å²) >= 11 is 0. The van der Waals surface area contributed by atoms with Crippen LogP contribution in [0.2, 0.25) is 0 Å². The predicted octanol–water partition coefficient (Wildman–Crippen LogP) is 1.49. The third kappa shape index (κ3) is 3.78. The zero-order valence-corrected chi connectivity index (χ0v) is 17.2. The Balaban J connectivity index is 1.45. The van der Waals surface area contributed by atoms with E-state index in [1.54, 1.807) is 60.5 Å². The Kier molecular flexibility index (Phi) is 5.26. The van der Waals surface area contributed by atoms with E-state index >= 15 is 0 Å². The number of hydrogen-bond donors (Lipinski definition) is 1. The number of piperazine rings is 1. The third-order valence-electron chi connectivity index (χ3n) is 5.77. The minimum atomic E-state index is -1.08. The SMILES string of the molecule is CN1CCN(C(=O)c2ccc(NC(=O)C3(C)CC(=O)N=C4C=CC=CN43)cc2)CC1. The zero-order chi connectivity index (χ0) is 21.3. The van der Waals surface area contributed by atoms with Crippen molar-refractivity contribution in [3.05, 3.63) is 54.3 Å². The highest BCUT2D eigenvalue weighted by molar-refractivity contribution is 6.12. The van der Waals surface area contributed by atoms with Gasteiger partial charge in [-0.15, -0.1) is 0 Å². The molecule has 1 unspecified atom stereocenters. The number of fused-ring (bicyclic) bond motifs is 1. The van der Waals surface area contributed by atoms with Gasteiger partial charge in [0.1, 0.15) is 11.4 Å². The van der Waals surface area contributed by atoms with Crippen molar-refractivity contribution >= 4 is 29.2 Å². The Labute approximate surface area is 175 Å². The van der Waals surface area contributed by atoms with Gasteiger partial charge in [0.15, 0.2) is 0 Å². The molecule has 0 aromatic heterocycles. The molecule has 3 aliphatic rings. The lowest BCUT2D eigenvalue weighted by atomic mass is 9.91. The van der Waals surface area contributed by atoms with E-state index in [2.05, 4.69) is 15.2 Å². The Morgan fingerprint density at radius 1 is 1.07 bits per heavy atom. The van der Waals surface area contributed by atoms with Gasteiger partial charge in [-0.25, -0.2) is 0 Å². The maximum Gasteiger partial charge on any atom is 0.253 e. The van der Waals surface area contributed by atoms with Crippen LogP contribution in [0.4, 0.5) is 5.69 Å². The predicted molar refractivity (Wildman–Crippen MR) is 114 cm³/mol. The van der Waals surface area contributed by atoms with E-state index in [0.717, 1.165) is 13.1 Å². The monoisotopic (exact) mass is 407 g/mol. The smallest absolute Gasteiger partial charge is 0.253 e. The summed E-state index contributed by atoms with van der Waals surface area (Å²) in [4.78, 5) is 47.6. The zero-order valence-electron chi connectivity index (χ0n) is 17.2. The molecule has 1 aromatic rings. The molecule has 1 N–H and O–H groups in total. The normalized spacial score (nSPS) is 23.8. The van der Waals surface area contributed by atoms with Crippen LogP contribution in [0.1, 0.15) is 23.7 Å². The summed E-state index contributed by atoms with van der Waals surface area (Å²) in [5.41, 5.74) is 0.0864. The van der Waals surface area contributed by atoms with Crippen molar-refractivity contribution in [2.75, 3.05) is 38.5 Å². The van der Waals surface area contributed by atoms with Gasteiger partial charge in [0, 0.05) is 43.6 Å². The number of hydrogen-bond acceptors (Lipinski definition) is 5. The van der Waals surface area contributed by atoms with E-state index < -0.39 is 5.54 Å². The number of carbonyl (C=O) groups is 3. The molecule has 1 atom stereocenters. The van der Waals surface area contributed by atoms with Gasteiger partial charge in [0.2, 0.25) is 0 Å². The highest BCUT2D eigenvalue weighted by Gasteiger charge is 2.45. The van der Waals surface area contributed by atoms with Crippen molar-refractivity contribution in [3.63, 3.8) is 0 Å². The molecule has 3 aliphatic heterocycles. The Morgan fingerprint density at radius 2 is 1.77 bits per heavy atom. The quantitative estimate of drug-likeness (QED) is 0.821. The van der Waals surface area contributed by atoms with Crippen LogP contribution in [0.5, 0.6) is 0 Å². The van der Waals surface area contributed by atoms with Crippen LogP contribution in [0.3, 0.4) is 0 Å². The second-order valence-corrected chi connectivity index (χ2v) is 8.01. The Morgan fingerprint density at radius 3 is 2.47 bits per heavy atom. The van der Waals surface area contributed by atoms with Gasteiger partial charge in [-0.2, -0.15) is 4.99 Å². The van der Waals surface area contributed by atoms with Gasteiger partial charge < -0.3 is 20.0 Å². The van der Waals surface area contributed by atoms with Gasteiger partial charge in [-0.1, -0.05) is 6.08 Å². The van der Waals surface area contributed by atoms with E-state index in [1.165, 1.54) is 0 Å². The number of carbonyl (C=O) groups excluding carboxylic acids is 3. The topological polar surface area (TPSA) is 85.3 Å². The van der Waals surface area contributed by atoms with Gasteiger partial charge in [-0.05, 0) is 50.4 Å². The van der Waals surface area contributed by atoms with Crippen molar-refractivity contribution < 1.29 is 14.4 Å². The second-order valence-electron chi connectivity index (χ2n) is 8.01. The highest BCUT2D eigenvalue weighted by atomic mass is 16.2. The Bertz CT molecular complexity index is 957. The first-order chi connectivity index (χ1) is 14.4. The standard InChI is InChI=1S/C22H25N5O3/c1-22(15-19(28)24-18-5-3-4-10-27(18)22)21(30)23-17-8-6-16(7-9-17)20(29)26-13-11-25(2)12-14-26/h3-10H,11-15H2,1-2H3,(H,23,30). The number of benzene rings is 1. The Hall–Kier alpha value is -3.26. The molecule has 1 saturated heterocycles. The second kappa shape index (κ2) is 7.87. The lowest BCUT2D eigenvalue weighted by Crippen LogP contribution is -2.58. The summed E-state index contributed by atoms with van der Waals surface area (Å²) in [7, 11) is 2.05. The van der Waals surface area contributed by atoms with E-state index in [-0.39, 0.29) is 24.1 Å². The summed E-state index contributed by atoms with van der Waals surface area (Å²) in [5.74, 6) is -0.176. The molecule has 8 nitrogen and oxygen atoms in total. The molecule has 3 heterocycles. The van der Waals surface area contributed by atoms with Crippen molar-refractivity contribution in [2.45, 2.75) is 18.9 Å². The van der Waals surface area contributed by atoms with Crippen molar-refractivity contribution in [1.29, 1.82) is 0 Å². The number of amides is 3. The molecular weight excluding hydrogens is 382 g/mol. The van der Waals surface area contributed by atoms with E-state index in [9.17, 15) is 14.4 Å². The molecule has 1 fully saturated rings. The molecule has 8 heteroatoms.